The first-order chi connectivity index (χ1) is 14.6. The molecular formula is C23H27N3O2S2. The number of carbonyl (C=O) groups is 1. The number of nitrogens with one attached hydrogen (secondary N) is 1. The van der Waals surface area contributed by atoms with Crippen molar-refractivity contribution in [1.29, 1.82) is 0 Å². The zero-order valence-corrected chi connectivity index (χ0v) is 19.0. The van der Waals surface area contributed by atoms with Crippen LogP contribution in [0.3, 0.4) is 0 Å². The Morgan fingerprint density at radius 1 is 1.30 bits per heavy atom. The molecule has 0 aliphatic carbocycles. The predicted molar refractivity (Wildman–Crippen MR) is 122 cm³/mol. The minimum Gasteiger partial charge on any atom is -0.376 e. The monoisotopic (exact) mass is 441 g/mol. The summed E-state index contributed by atoms with van der Waals surface area (Å²) < 4.78 is 8.01. The summed E-state index contributed by atoms with van der Waals surface area (Å²) in [5, 5.41) is 6.14. The Labute approximate surface area is 185 Å². The summed E-state index contributed by atoms with van der Waals surface area (Å²) >= 11 is 3.15. The highest BCUT2D eigenvalue weighted by Gasteiger charge is 2.22. The van der Waals surface area contributed by atoms with E-state index in [9.17, 15) is 4.79 Å². The lowest BCUT2D eigenvalue weighted by atomic mass is 10.1. The molecule has 2 atom stereocenters. The number of thiophene rings is 1. The first-order valence-corrected chi connectivity index (χ1v) is 12.1. The van der Waals surface area contributed by atoms with Crippen molar-refractivity contribution in [3.63, 3.8) is 0 Å². The molecular weight excluding hydrogens is 414 g/mol. The number of nitrogens with zero attached hydrogens (tertiary/aromatic N) is 2. The van der Waals surface area contributed by atoms with Crippen LogP contribution in [0.5, 0.6) is 0 Å². The first kappa shape index (κ1) is 21.2. The van der Waals surface area contributed by atoms with Crippen LogP contribution in [0.25, 0.3) is 0 Å². The van der Waals surface area contributed by atoms with Crippen LogP contribution >= 0.6 is 23.1 Å². The second-order valence-corrected chi connectivity index (χ2v) is 9.45. The lowest BCUT2D eigenvalue weighted by Gasteiger charge is -2.18. The van der Waals surface area contributed by atoms with E-state index in [2.05, 4.69) is 35.0 Å². The van der Waals surface area contributed by atoms with Gasteiger partial charge in [-0.25, -0.2) is 4.98 Å². The minimum absolute atomic E-state index is 0.00391. The number of imidazole rings is 1. The van der Waals surface area contributed by atoms with E-state index in [1.807, 2.05) is 36.6 Å². The molecule has 3 heterocycles. The molecule has 1 aromatic carbocycles. The van der Waals surface area contributed by atoms with Gasteiger partial charge in [0.25, 0.3) is 0 Å². The number of hydrogen-bond acceptors (Lipinski definition) is 5. The van der Waals surface area contributed by atoms with Gasteiger partial charge in [-0.2, -0.15) is 0 Å². The Kier molecular flexibility index (Phi) is 6.92. The fourth-order valence-corrected chi connectivity index (χ4v) is 5.41. The van der Waals surface area contributed by atoms with Gasteiger partial charge in [0.2, 0.25) is 5.91 Å². The van der Waals surface area contributed by atoms with Crippen LogP contribution in [0.1, 0.15) is 40.7 Å². The first-order valence-electron chi connectivity index (χ1n) is 10.3. The van der Waals surface area contributed by atoms with Crippen LogP contribution in [0.4, 0.5) is 0 Å². The molecule has 1 fully saturated rings. The molecule has 0 bridgehead atoms. The molecule has 7 heteroatoms. The van der Waals surface area contributed by atoms with Gasteiger partial charge in [0.05, 0.1) is 30.1 Å². The van der Waals surface area contributed by atoms with Gasteiger partial charge in [-0.3, -0.25) is 4.79 Å². The van der Waals surface area contributed by atoms with Crippen molar-refractivity contribution in [2.24, 2.45) is 0 Å². The summed E-state index contributed by atoms with van der Waals surface area (Å²) in [4.78, 5) is 18.7. The molecule has 1 amide bonds. The molecule has 1 N–H and O–H groups in total. The van der Waals surface area contributed by atoms with E-state index in [1.165, 1.54) is 11.8 Å². The third kappa shape index (κ3) is 4.96. The quantitative estimate of drug-likeness (QED) is 0.513. The van der Waals surface area contributed by atoms with Gasteiger partial charge in [0.1, 0.15) is 0 Å². The number of aryl methyl sites for hydroxylation is 1. The molecule has 1 saturated heterocycles. The van der Waals surface area contributed by atoms with Gasteiger partial charge in [-0.15, -0.1) is 11.3 Å². The molecule has 5 nitrogen and oxygen atoms in total. The predicted octanol–water partition coefficient (Wildman–Crippen LogP) is 4.74. The molecule has 0 radical (unpaired) electrons. The molecule has 0 spiro atoms. The van der Waals surface area contributed by atoms with E-state index in [0.29, 0.717) is 5.75 Å². The highest BCUT2D eigenvalue weighted by molar-refractivity contribution is 7.99. The fourth-order valence-electron chi connectivity index (χ4n) is 3.69. The average Bonchev–Trinajstić information content (AvgIpc) is 3.51. The number of amides is 1. The molecule has 1 aliphatic heterocycles. The van der Waals surface area contributed by atoms with Crippen molar-refractivity contribution in [2.75, 3.05) is 12.4 Å². The Hall–Kier alpha value is -2.09. The summed E-state index contributed by atoms with van der Waals surface area (Å²) in [7, 11) is 0. The van der Waals surface area contributed by atoms with Crippen molar-refractivity contribution >= 4 is 29.0 Å². The highest BCUT2D eigenvalue weighted by Crippen LogP contribution is 2.27. The molecule has 3 aromatic rings. The molecule has 30 heavy (non-hydrogen) atoms. The maximum atomic E-state index is 12.9. The number of thioether (sulfide) groups is 1. The lowest BCUT2D eigenvalue weighted by molar-refractivity contribution is -0.119. The third-order valence-corrected chi connectivity index (χ3v) is 7.34. The Balaban J connectivity index is 1.43. The maximum Gasteiger partial charge on any atom is 0.231 e. The second-order valence-electron chi connectivity index (χ2n) is 7.53. The van der Waals surface area contributed by atoms with Crippen molar-refractivity contribution in [3.8, 4) is 0 Å². The Bertz CT molecular complexity index is 964. The average molecular weight is 442 g/mol. The second kappa shape index (κ2) is 9.81. The van der Waals surface area contributed by atoms with Crippen molar-refractivity contribution in [2.45, 2.75) is 50.5 Å². The van der Waals surface area contributed by atoms with Crippen LogP contribution in [0, 0.1) is 13.8 Å². The molecule has 0 saturated carbocycles. The third-order valence-electron chi connectivity index (χ3n) is 5.43. The molecule has 4 rings (SSSR count). The zero-order valence-electron chi connectivity index (χ0n) is 17.3. The fraction of sp³-hybridized carbons (Fsp3) is 0.391. The van der Waals surface area contributed by atoms with E-state index in [4.69, 9.17) is 9.72 Å². The molecule has 2 aromatic heterocycles. The number of benzene rings is 1. The van der Waals surface area contributed by atoms with Crippen LogP contribution in [-0.2, 0) is 16.1 Å². The number of rotatable bonds is 8. The van der Waals surface area contributed by atoms with Gasteiger partial charge in [0.15, 0.2) is 5.16 Å². The number of hydrogen-bond donors (Lipinski definition) is 1. The molecule has 1 aliphatic rings. The minimum atomic E-state index is -0.130. The van der Waals surface area contributed by atoms with Gasteiger partial charge >= 0.3 is 0 Å². The Morgan fingerprint density at radius 3 is 2.83 bits per heavy atom. The number of carbonyl (C=O) groups excluding carboxylic acids is 1. The van der Waals surface area contributed by atoms with Crippen molar-refractivity contribution in [3.05, 3.63) is 69.7 Å². The number of ether oxygens (including phenoxy) is 1. The van der Waals surface area contributed by atoms with E-state index in [1.54, 1.807) is 11.3 Å². The van der Waals surface area contributed by atoms with Crippen LogP contribution in [0.15, 0.2) is 53.0 Å². The van der Waals surface area contributed by atoms with Gasteiger partial charge in [-0.1, -0.05) is 48.2 Å². The lowest BCUT2D eigenvalue weighted by Crippen LogP contribution is -2.30. The van der Waals surface area contributed by atoms with Crippen molar-refractivity contribution < 1.29 is 9.53 Å². The summed E-state index contributed by atoms with van der Waals surface area (Å²) in [5.41, 5.74) is 3.25. The highest BCUT2D eigenvalue weighted by atomic mass is 32.2. The number of aromatic nitrogens is 2. The van der Waals surface area contributed by atoms with E-state index < -0.39 is 0 Å². The normalized spacial score (nSPS) is 17.2. The zero-order chi connectivity index (χ0) is 20.9. The van der Waals surface area contributed by atoms with E-state index in [0.717, 1.165) is 53.0 Å². The summed E-state index contributed by atoms with van der Waals surface area (Å²) in [5.74, 6) is 0.333. The molecule has 2 unspecified atom stereocenters. The standard InChI is InChI=1S/C23H27N3O2S2/c1-16-17(2)26(14-19-10-6-12-28-19)23(24-16)30-15-21(27)25-22(20-11-7-13-29-20)18-8-4-3-5-9-18/h3-5,7-9,11,13,19,22H,6,10,12,14-15H2,1-2H3,(H,25,27). The summed E-state index contributed by atoms with van der Waals surface area (Å²) in [6.07, 6.45) is 2.44. The van der Waals surface area contributed by atoms with E-state index in [-0.39, 0.29) is 18.1 Å². The van der Waals surface area contributed by atoms with Crippen molar-refractivity contribution in [1.82, 2.24) is 14.9 Å². The van der Waals surface area contributed by atoms with E-state index >= 15 is 0 Å². The van der Waals surface area contributed by atoms with Gasteiger partial charge in [-0.05, 0) is 43.7 Å². The maximum absolute atomic E-state index is 12.9. The van der Waals surface area contributed by atoms with Crippen LogP contribution in [-0.4, -0.2) is 33.9 Å². The topological polar surface area (TPSA) is 56.2 Å². The SMILES string of the molecule is Cc1nc(SCC(=O)NC(c2ccccc2)c2cccs2)n(CC2CCCO2)c1C. The van der Waals surface area contributed by atoms with Gasteiger partial charge < -0.3 is 14.6 Å². The summed E-state index contributed by atoms with van der Waals surface area (Å²) in [6.45, 7) is 5.75. The summed E-state index contributed by atoms with van der Waals surface area (Å²) in [6, 6.07) is 14.1. The molecule has 158 valence electrons. The van der Waals surface area contributed by atoms with Gasteiger partial charge in [0, 0.05) is 17.2 Å². The smallest absolute Gasteiger partial charge is 0.231 e. The largest absolute Gasteiger partial charge is 0.376 e. The van der Waals surface area contributed by atoms with Crippen LogP contribution < -0.4 is 5.32 Å². The van der Waals surface area contributed by atoms with Crippen LogP contribution in [0.2, 0.25) is 0 Å². The Morgan fingerprint density at radius 2 is 2.13 bits per heavy atom.